The van der Waals surface area contributed by atoms with E-state index < -0.39 is 0 Å². The quantitative estimate of drug-likeness (QED) is 0.891. The van der Waals surface area contributed by atoms with Crippen LogP contribution in [0.25, 0.3) is 0 Å². The van der Waals surface area contributed by atoms with E-state index >= 15 is 0 Å². The molecule has 2 aromatic carbocycles. The molecule has 0 radical (unpaired) electrons. The molecule has 0 unspecified atom stereocenters. The summed E-state index contributed by atoms with van der Waals surface area (Å²) in [6.07, 6.45) is 0.935. The highest BCUT2D eigenvalue weighted by molar-refractivity contribution is 5.77. The van der Waals surface area contributed by atoms with Gasteiger partial charge in [-0.3, -0.25) is 4.79 Å². The lowest BCUT2D eigenvalue weighted by atomic mass is 10.2. The Morgan fingerprint density at radius 1 is 1.22 bits per heavy atom. The van der Waals surface area contributed by atoms with Gasteiger partial charge in [0.2, 0.25) is 6.79 Å². The molecule has 0 aromatic heterocycles. The molecular weight excluding hydrogens is 294 g/mol. The summed E-state index contributed by atoms with van der Waals surface area (Å²) in [5.41, 5.74) is 2.07. The third kappa shape index (κ3) is 3.74. The number of carbonyl (C=O) groups is 1. The van der Waals surface area contributed by atoms with Gasteiger partial charge in [0, 0.05) is 12.1 Å². The van der Waals surface area contributed by atoms with Crippen LogP contribution in [-0.2, 0) is 17.8 Å². The smallest absolute Gasteiger partial charge is 0.258 e. The molecule has 120 valence electrons. The zero-order valence-corrected chi connectivity index (χ0v) is 13.0. The fourth-order valence-electron chi connectivity index (χ4n) is 2.38. The van der Waals surface area contributed by atoms with Gasteiger partial charge in [-0.2, -0.15) is 0 Å². The summed E-state index contributed by atoms with van der Waals surface area (Å²) in [6.45, 7) is 2.66. The Labute approximate surface area is 135 Å². The SMILES string of the molecule is CCc1cccc(OCC(=O)NCc2cccc3c2OCO3)c1. The van der Waals surface area contributed by atoms with E-state index in [0.717, 1.165) is 12.0 Å². The third-order valence-corrected chi connectivity index (χ3v) is 3.63. The number of aryl methyl sites for hydroxylation is 1. The second-order valence-corrected chi connectivity index (χ2v) is 5.22. The van der Waals surface area contributed by atoms with Crippen LogP contribution in [0.1, 0.15) is 18.1 Å². The standard InChI is InChI=1S/C18H19NO4/c1-2-13-5-3-7-15(9-13)21-11-17(20)19-10-14-6-4-8-16-18(14)23-12-22-16/h3-9H,2,10-12H2,1H3,(H,19,20). The number of hydrogen-bond donors (Lipinski definition) is 1. The third-order valence-electron chi connectivity index (χ3n) is 3.63. The zero-order chi connectivity index (χ0) is 16.1. The van der Waals surface area contributed by atoms with Gasteiger partial charge in [0.15, 0.2) is 18.1 Å². The van der Waals surface area contributed by atoms with Crippen LogP contribution in [0, 0.1) is 0 Å². The molecule has 23 heavy (non-hydrogen) atoms. The van der Waals surface area contributed by atoms with Crippen LogP contribution in [0.5, 0.6) is 17.2 Å². The van der Waals surface area contributed by atoms with Crippen molar-refractivity contribution in [3.05, 3.63) is 53.6 Å². The molecule has 5 nitrogen and oxygen atoms in total. The van der Waals surface area contributed by atoms with E-state index in [1.165, 1.54) is 5.56 Å². The van der Waals surface area contributed by atoms with Crippen LogP contribution >= 0.6 is 0 Å². The molecule has 1 N–H and O–H groups in total. The highest BCUT2D eigenvalue weighted by atomic mass is 16.7. The number of rotatable bonds is 6. The monoisotopic (exact) mass is 313 g/mol. The Bertz CT molecular complexity index is 699. The topological polar surface area (TPSA) is 56.8 Å². The second kappa shape index (κ2) is 7.05. The summed E-state index contributed by atoms with van der Waals surface area (Å²) >= 11 is 0. The summed E-state index contributed by atoms with van der Waals surface area (Å²) in [4.78, 5) is 11.9. The van der Waals surface area contributed by atoms with Crippen LogP contribution in [-0.4, -0.2) is 19.3 Å². The fraction of sp³-hybridized carbons (Fsp3) is 0.278. The van der Waals surface area contributed by atoms with E-state index in [-0.39, 0.29) is 19.3 Å². The van der Waals surface area contributed by atoms with Gasteiger partial charge < -0.3 is 19.5 Å². The number of carbonyl (C=O) groups excluding carboxylic acids is 1. The van der Waals surface area contributed by atoms with Gasteiger partial charge >= 0.3 is 0 Å². The van der Waals surface area contributed by atoms with E-state index in [4.69, 9.17) is 14.2 Å². The predicted molar refractivity (Wildman–Crippen MR) is 85.7 cm³/mol. The number of nitrogens with one attached hydrogen (secondary N) is 1. The Morgan fingerprint density at radius 2 is 2.09 bits per heavy atom. The highest BCUT2D eigenvalue weighted by Gasteiger charge is 2.17. The van der Waals surface area contributed by atoms with Crippen molar-refractivity contribution in [2.45, 2.75) is 19.9 Å². The van der Waals surface area contributed by atoms with Crippen molar-refractivity contribution in [1.82, 2.24) is 5.32 Å². The number of amides is 1. The van der Waals surface area contributed by atoms with E-state index in [9.17, 15) is 4.79 Å². The molecule has 0 bridgehead atoms. The molecule has 0 saturated carbocycles. The minimum absolute atomic E-state index is 0.0143. The molecule has 0 aliphatic carbocycles. The van der Waals surface area contributed by atoms with Crippen molar-refractivity contribution in [3.63, 3.8) is 0 Å². The van der Waals surface area contributed by atoms with Crippen molar-refractivity contribution < 1.29 is 19.0 Å². The van der Waals surface area contributed by atoms with Crippen LogP contribution < -0.4 is 19.5 Å². The Kier molecular flexibility index (Phi) is 4.66. The lowest BCUT2D eigenvalue weighted by molar-refractivity contribution is -0.123. The maximum Gasteiger partial charge on any atom is 0.258 e. The Morgan fingerprint density at radius 3 is 2.96 bits per heavy atom. The molecule has 1 aliphatic heterocycles. The van der Waals surface area contributed by atoms with Gasteiger partial charge in [-0.25, -0.2) is 0 Å². The van der Waals surface area contributed by atoms with E-state index in [1.807, 2.05) is 42.5 Å². The molecule has 0 atom stereocenters. The van der Waals surface area contributed by atoms with Gasteiger partial charge in [0.25, 0.3) is 5.91 Å². The van der Waals surface area contributed by atoms with E-state index in [2.05, 4.69) is 12.2 Å². The first kappa shape index (κ1) is 15.2. The van der Waals surface area contributed by atoms with Crippen LogP contribution in [0.3, 0.4) is 0 Å². The van der Waals surface area contributed by atoms with E-state index in [1.54, 1.807) is 0 Å². The number of para-hydroxylation sites is 1. The van der Waals surface area contributed by atoms with Crippen molar-refractivity contribution in [2.75, 3.05) is 13.4 Å². The fourth-order valence-corrected chi connectivity index (χ4v) is 2.38. The maximum absolute atomic E-state index is 11.9. The summed E-state index contributed by atoms with van der Waals surface area (Å²) in [7, 11) is 0. The molecule has 5 heteroatoms. The normalized spacial score (nSPS) is 12.0. The molecule has 0 spiro atoms. The largest absolute Gasteiger partial charge is 0.484 e. The number of fused-ring (bicyclic) bond motifs is 1. The molecule has 0 fully saturated rings. The number of benzene rings is 2. The molecule has 3 rings (SSSR count). The van der Waals surface area contributed by atoms with Crippen molar-refractivity contribution >= 4 is 5.91 Å². The van der Waals surface area contributed by atoms with Gasteiger partial charge in [0.1, 0.15) is 5.75 Å². The molecular formula is C18H19NO4. The minimum atomic E-state index is -0.177. The molecule has 1 aliphatic rings. The average Bonchev–Trinajstić information content (AvgIpc) is 3.07. The lowest BCUT2D eigenvalue weighted by Crippen LogP contribution is -2.28. The Balaban J connectivity index is 1.51. The Hall–Kier alpha value is -2.69. The first-order valence-corrected chi connectivity index (χ1v) is 7.62. The molecule has 0 saturated heterocycles. The van der Waals surface area contributed by atoms with Gasteiger partial charge in [-0.1, -0.05) is 31.2 Å². The first-order chi connectivity index (χ1) is 11.3. The van der Waals surface area contributed by atoms with Crippen LogP contribution in [0.15, 0.2) is 42.5 Å². The summed E-state index contributed by atoms with van der Waals surface area (Å²) in [5, 5.41) is 2.83. The summed E-state index contributed by atoms with van der Waals surface area (Å²) in [5.74, 6) is 1.94. The second-order valence-electron chi connectivity index (χ2n) is 5.22. The lowest BCUT2D eigenvalue weighted by Gasteiger charge is -2.09. The molecule has 1 heterocycles. The van der Waals surface area contributed by atoms with E-state index in [0.29, 0.717) is 23.8 Å². The summed E-state index contributed by atoms with van der Waals surface area (Å²) < 4.78 is 16.2. The predicted octanol–water partition coefficient (Wildman–Crippen LogP) is 2.67. The van der Waals surface area contributed by atoms with Gasteiger partial charge in [-0.15, -0.1) is 0 Å². The van der Waals surface area contributed by atoms with Gasteiger partial charge in [0.05, 0.1) is 0 Å². The van der Waals surface area contributed by atoms with Crippen molar-refractivity contribution in [3.8, 4) is 17.2 Å². The van der Waals surface area contributed by atoms with Gasteiger partial charge in [-0.05, 0) is 30.2 Å². The maximum atomic E-state index is 11.9. The highest BCUT2D eigenvalue weighted by Crippen LogP contribution is 2.35. The van der Waals surface area contributed by atoms with Crippen molar-refractivity contribution in [1.29, 1.82) is 0 Å². The summed E-state index contributed by atoms with van der Waals surface area (Å²) in [6, 6.07) is 13.4. The average molecular weight is 313 g/mol. The number of hydrogen-bond acceptors (Lipinski definition) is 4. The number of ether oxygens (including phenoxy) is 3. The molecule has 1 amide bonds. The van der Waals surface area contributed by atoms with Crippen LogP contribution in [0.4, 0.5) is 0 Å². The van der Waals surface area contributed by atoms with Crippen molar-refractivity contribution in [2.24, 2.45) is 0 Å². The van der Waals surface area contributed by atoms with Crippen LogP contribution in [0.2, 0.25) is 0 Å². The minimum Gasteiger partial charge on any atom is -0.484 e. The first-order valence-electron chi connectivity index (χ1n) is 7.62. The molecule has 2 aromatic rings. The zero-order valence-electron chi connectivity index (χ0n) is 13.0.